The first-order valence-corrected chi connectivity index (χ1v) is 13.7. The van der Waals surface area contributed by atoms with Gasteiger partial charge in [0.25, 0.3) is 0 Å². The van der Waals surface area contributed by atoms with Gasteiger partial charge in [-0.25, -0.2) is 0 Å². The van der Waals surface area contributed by atoms with Crippen molar-refractivity contribution in [1.82, 2.24) is 4.90 Å². The Bertz CT molecular complexity index is 1340. The van der Waals surface area contributed by atoms with Crippen LogP contribution in [0.5, 0.6) is 5.75 Å². The lowest BCUT2D eigenvalue weighted by Gasteiger charge is -2.43. The van der Waals surface area contributed by atoms with Crippen LogP contribution in [0.1, 0.15) is 55.6 Å². The topological polar surface area (TPSA) is 83.9 Å². The Morgan fingerprint density at radius 2 is 1.62 bits per heavy atom. The van der Waals surface area contributed by atoms with Crippen LogP contribution in [-0.4, -0.2) is 34.1 Å². The number of halogens is 3. The first-order chi connectivity index (χ1) is 17.7. The zero-order valence-electron chi connectivity index (χ0n) is 19.9. The Kier molecular flexibility index (Phi) is 7.48. The molecule has 0 radical (unpaired) electrons. The quantitative estimate of drug-likeness (QED) is 0.389. The number of allylic oxidation sites excluding steroid dienone is 4. The summed E-state index contributed by atoms with van der Waals surface area (Å²) in [4.78, 5) is 40.0. The van der Waals surface area contributed by atoms with Gasteiger partial charge in [0.15, 0.2) is 11.6 Å². The summed E-state index contributed by atoms with van der Waals surface area (Å²) < 4.78 is 6.68. The number of hydrogen-bond donors (Lipinski definition) is 1. The molecule has 192 valence electrons. The Balaban J connectivity index is 1.53. The van der Waals surface area contributed by atoms with Crippen LogP contribution >= 0.6 is 39.1 Å². The van der Waals surface area contributed by atoms with Gasteiger partial charge in [-0.2, -0.15) is 0 Å². The van der Waals surface area contributed by atoms with Crippen LogP contribution in [0, 0.1) is 0 Å². The number of carboxylic acids is 1. The third-order valence-corrected chi connectivity index (χ3v) is 8.27. The van der Waals surface area contributed by atoms with E-state index in [2.05, 4.69) is 15.9 Å². The van der Waals surface area contributed by atoms with Gasteiger partial charge in [-0.3, -0.25) is 14.4 Å². The zero-order valence-corrected chi connectivity index (χ0v) is 23.0. The van der Waals surface area contributed by atoms with E-state index in [4.69, 9.17) is 27.9 Å². The SMILES string of the molecule is O=C(O)CN1C2=C(C(=O)CCC2)C(c2ccc(OCc3ccc(Cl)cc3Cl)c(Br)c2)C2=C1CCCC2=O. The molecular formula is C28H24BrCl2NO5. The van der Waals surface area contributed by atoms with Gasteiger partial charge < -0.3 is 14.7 Å². The number of benzene rings is 2. The number of carbonyl (C=O) groups excluding carboxylic acids is 2. The Morgan fingerprint density at radius 3 is 2.19 bits per heavy atom. The van der Waals surface area contributed by atoms with E-state index in [1.165, 1.54) is 0 Å². The van der Waals surface area contributed by atoms with Crippen LogP contribution in [0.2, 0.25) is 10.0 Å². The maximum atomic E-state index is 13.3. The summed E-state index contributed by atoms with van der Waals surface area (Å²) in [7, 11) is 0. The number of Topliss-reactive ketones (excluding diaryl/α,β-unsaturated/α-hetero) is 2. The fourth-order valence-corrected chi connectivity index (χ4v) is 6.46. The average molecular weight is 605 g/mol. The van der Waals surface area contributed by atoms with Crippen molar-refractivity contribution in [1.29, 1.82) is 0 Å². The standard InChI is InChI=1S/C28H24BrCl2NO5/c29-18-11-15(8-10-24(18)37-14-16-7-9-17(30)12-19(16)31)26-27-20(3-1-5-22(27)33)32(13-25(35)36)21-4-2-6-23(34)28(21)26/h7-12,26H,1-6,13-14H2,(H,35,36). The van der Waals surface area contributed by atoms with Crippen LogP contribution in [0.15, 0.2) is 63.4 Å². The predicted molar refractivity (Wildman–Crippen MR) is 144 cm³/mol. The van der Waals surface area contributed by atoms with E-state index in [1.807, 2.05) is 24.3 Å². The fraction of sp³-hybridized carbons (Fsp3) is 0.321. The Labute approximate surface area is 233 Å². The van der Waals surface area contributed by atoms with Crippen LogP contribution < -0.4 is 4.74 Å². The average Bonchev–Trinajstić information content (AvgIpc) is 2.85. The summed E-state index contributed by atoms with van der Waals surface area (Å²) in [5, 5.41) is 10.7. The van der Waals surface area contributed by atoms with Crippen LogP contribution in [0.25, 0.3) is 0 Å². The van der Waals surface area contributed by atoms with Gasteiger partial charge in [-0.05, 0) is 71.4 Å². The number of carboxylic acid groups (broad SMARTS) is 1. The smallest absolute Gasteiger partial charge is 0.323 e. The molecule has 0 bridgehead atoms. The van der Waals surface area contributed by atoms with E-state index in [0.29, 0.717) is 69.9 Å². The summed E-state index contributed by atoms with van der Waals surface area (Å²) in [6, 6.07) is 10.8. The molecule has 2 aromatic carbocycles. The van der Waals surface area contributed by atoms with Gasteiger partial charge in [-0.15, -0.1) is 0 Å². The highest BCUT2D eigenvalue weighted by molar-refractivity contribution is 9.10. The Hall–Kier alpha value is -2.61. The molecule has 0 amide bonds. The monoisotopic (exact) mass is 603 g/mol. The van der Waals surface area contributed by atoms with Crippen LogP contribution in [0.4, 0.5) is 0 Å². The molecular weight excluding hydrogens is 581 g/mol. The summed E-state index contributed by atoms with van der Waals surface area (Å²) in [5.74, 6) is -0.975. The highest BCUT2D eigenvalue weighted by Crippen LogP contribution is 2.49. The number of aliphatic carboxylic acids is 1. The van der Waals surface area contributed by atoms with Crippen molar-refractivity contribution in [3.8, 4) is 5.75 Å². The lowest BCUT2D eigenvalue weighted by atomic mass is 9.71. The van der Waals surface area contributed by atoms with Crippen molar-refractivity contribution in [2.24, 2.45) is 0 Å². The summed E-state index contributed by atoms with van der Waals surface area (Å²) in [6.07, 6.45) is 3.33. The number of rotatable bonds is 6. The van der Waals surface area contributed by atoms with E-state index in [9.17, 15) is 19.5 Å². The van der Waals surface area contributed by atoms with Crippen molar-refractivity contribution in [3.05, 3.63) is 84.6 Å². The molecule has 1 aliphatic heterocycles. The van der Waals surface area contributed by atoms with Crippen LogP contribution in [0.3, 0.4) is 0 Å². The Morgan fingerprint density at radius 1 is 0.973 bits per heavy atom. The molecule has 5 rings (SSSR count). The second-order valence-electron chi connectivity index (χ2n) is 9.40. The molecule has 6 nitrogen and oxygen atoms in total. The van der Waals surface area contributed by atoms with E-state index in [0.717, 1.165) is 22.5 Å². The molecule has 0 fully saturated rings. The largest absolute Gasteiger partial charge is 0.488 e. The number of nitrogens with zero attached hydrogens (tertiary/aromatic N) is 1. The molecule has 0 spiro atoms. The minimum atomic E-state index is -0.988. The summed E-state index contributed by atoms with van der Waals surface area (Å²) in [6.45, 7) is -0.0161. The van der Waals surface area contributed by atoms with E-state index >= 15 is 0 Å². The van der Waals surface area contributed by atoms with Gasteiger partial charge in [0.1, 0.15) is 18.9 Å². The van der Waals surface area contributed by atoms with Crippen molar-refractivity contribution in [2.45, 2.75) is 51.0 Å². The van der Waals surface area contributed by atoms with Gasteiger partial charge in [0, 0.05) is 56.9 Å². The highest BCUT2D eigenvalue weighted by Gasteiger charge is 2.43. The molecule has 1 heterocycles. The van der Waals surface area contributed by atoms with Crippen molar-refractivity contribution >= 4 is 56.7 Å². The molecule has 0 saturated heterocycles. The molecule has 1 N–H and O–H groups in total. The van der Waals surface area contributed by atoms with Gasteiger partial charge in [0.05, 0.1) is 4.47 Å². The second-order valence-corrected chi connectivity index (χ2v) is 11.1. The van der Waals surface area contributed by atoms with Crippen molar-refractivity contribution < 1.29 is 24.2 Å². The predicted octanol–water partition coefficient (Wildman–Crippen LogP) is 6.83. The minimum Gasteiger partial charge on any atom is -0.488 e. The second kappa shape index (κ2) is 10.6. The van der Waals surface area contributed by atoms with E-state index in [1.54, 1.807) is 17.0 Å². The van der Waals surface area contributed by atoms with Crippen molar-refractivity contribution in [3.63, 3.8) is 0 Å². The molecule has 0 saturated carbocycles. The molecule has 0 aromatic heterocycles. The molecule has 0 unspecified atom stereocenters. The molecule has 0 atom stereocenters. The lowest BCUT2D eigenvalue weighted by molar-refractivity contribution is -0.138. The zero-order chi connectivity index (χ0) is 26.3. The van der Waals surface area contributed by atoms with Gasteiger partial charge in [0.2, 0.25) is 0 Å². The number of ether oxygens (including phenoxy) is 1. The van der Waals surface area contributed by atoms with Gasteiger partial charge in [-0.1, -0.05) is 35.3 Å². The molecule has 2 aromatic rings. The summed E-state index contributed by atoms with van der Waals surface area (Å²) in [5.41, 5.74) is 4.17. The van der Waals surface area contributed by atoms with Crippen molar-refractivity contribution in [2.75, 3.05) is 6.54 Å². The van der Waals surface area contributed by atoms with E-state index in [-0.39, 0.29) is 24.7 Å². The van der Waals surface area contributed by atoms with E-state index < -0.39 is 11.9 Å². The number of ketones is 2. The highest BCUT2D eigenvalue weighted by atomic mass is 79.9. The molecule has 9 heteroatoms. The number of hydrogen-bond acceptors (Lipinski definition) is 5. The normalized spacial score (nSPS) is 18.2. The maximum Gasteiger partial charge on any atom is 0.323 e. The molecule has 37 heavy (non-hydrogen) atoms. The molecule has 2 aliphatic carbocycles. The maximum absolute atomic E-state index is 13.3. The minimum absolute atomic E-state index is 0.0274. The first kappa shape index (κ1) is 26.0. The van der Waals surface area contributed by atoms with Gasteiger partial charge >= 0.3 is 5.97 Å². The molecule has 3 aliphatic rings. The fourth-order valence-electron chi connectivity index (χ4n) is 5.48. The first-order valence-electron chi connectivity index (χ1n) is 12.1. The lowest BCUT2D eigenvalue weighted by Crippen LogP contribution is -2.41. The summed E-state index contributed by atoms with van der Waals surface area (Å²) >= 11 is 15.9. The third kappa shape index (κ3) is 5.09. The third-order valence-electron chi connectivity index (χ3n) is 7.07. The number of carbonyl (C=O) groups is 3. The van der Waals surface area contributed by atoms with Crippen LogP contribution in [-0.2, 0) is 21.0 Å².